The lowest BCUT2D eigenvalue weighted by atomic mass is 10.2. The molecule has 6 nitrogen and oxygen atoms in total. The summed E-state index contributed by atoms with van der Waals surface area (Å²) < 4.78 is 6.54. The zero-order valence-corrected chi connectivity index (χ0v) is 18.3. The Morgan fingerprint density at radius 3 is 2.86 bits per heavy atom. The van der Waals surface area contributed by atoms with E-state index in [0.717, 1.165) is 32.4 Å². The standard InChI is InChI=1S/C20H13BrN4O2S2/c1-25-15-7-2-3-8-17(15)29-19(25)14(10-22)16(26)11-28-20-24-23-18(27-20)12-5-4-6-13(21)9-12/h2-9H,11H2,1H3/b19-14-. The fraction of sp³-hybridized carbons (Fsp3) is 0.100. The molecule has 4 rings (SSSR count). The fourth-order valence-corrected chi connectivity index (χ4v) is 4.95. The van der Waals surface area contributed by atoms with E-state index in [-0.39, 0.29) is 22.3 Å². The minimum Gasteiger partial charge on any atom is -0.411 e. The van der Waals surface area contributed by atoms with Gasteiger partial charge in [0.15, 0.2) is 5.78 Å². The molecule has 1 aliphatic heterocycles. The summed E-state index contributed by atoms with van der Waals surface area (Å²) >= 11 is 5.95. The first-order valence-electron chi connectivity index (χ1n) is 8.47. The number of hydrogen-bond donors (Lipinski definition) is 0. The molecule has 9 heteroatoms. The molecule has 144 valence electrons. The number of nitriles is 1. The van der Waals surface area contributed by atoms with Crippen LogP contribution in [0.3, 0.4) is 0 Å². The number of thioether (sulfide) groups is 2. The number of carbonyl (C=O) groups is 1. The monoisotopic (exact) mass is 484 g/mol. The van der Waals surface area contributed by atoms with E-state index in [9.17, 15) is 10.1 Å². The van der Waals surface area contributed by atoms with Gasteiger partial charge in [0.2, 0.25) is 5.89 Å². The van der Waals surface area contributed by atoms with Crippen molar-refractivity contribution < 1.29 is 9.21 Å². The quantitative estimate of drug-likeness (QED) is 0.279. The normalized spacial score (nSPS) is 14.4. The highest BCUT2D eigenvalue weighted by molar-refractivity contribution is 9.10. The highest BCUT2D eigenvalue weighted by atomic mass is 79.9. The van der Waals surface area contributed by atoms with E-state index in [1.54, 1.807) is 0 Å². The molecule has 0 aliphatic carbocycles. The molecule has 0 atom stereocenters. The van der Waals surface area contributed by atoms with Crippen molar-refractivity contribution in [2.45, 2.75) is 10.1 Å². The molecule has 0 fully saturated rings. The molecule has 2 heterocycles. The van der Waals surface area contributed by atoms with Crippen LogP contribution in [-0.2, 0) is 4.79 Å². The van der Waals surface area contributed by atoms with E-state index < -0.39 is 0 Å². The first-order valence-corrected chi connectivity index (χ1v) is 11.1. The van der Waals surface area contributed by atoms with E-state index in [2.05, 4.69) is 32.2 Å². The van der Waals surface area contributed by atoms with Crippen LogP contribution in [0.25, 0.3) is 11.5 Å². The maximum Gasteiger partial charge on any atom is 0.277 e. The molecule has 0 radical (unpaired) electrons. The predicted octanol–water partition coefficient (Wildman–Crippen LogP) is 5.14. The molecule has 0 unspecified atom stereocenters. The second kappa shape index (κ2) is 8.45. The zero-order valence-electron chi connectivity index (χ0n) is 15.1. The largest absolute Gasteiger partial charge is 0.411 e. The van der Waals surface area contributed by atoms with Crippen molar-refractivity contribution in [3.05, 3.63) is 63.6 Å². The van der Waals surface area contributed by atoms with E-state index in [1.165, 1.54) is 11.8 Å². The highest BCUT2D eigenvalue weighted by Crippen LogP contribution is 2.46. The van der Waals surface area contributed by atoms with Gasteiger partial charge in [0.25, 0.3) is 5.22 Å². The lowest BCUT2D eigenvalue weighted by Crippen LogP contribution is -2.16. The highest BCUT2D eigenvalue weighted by Gasteiger charge is 2.28. The number of ketones is 1. The number of nitrogens with zero attached hydrogens (tertiary/aromatic N) is 4. The third-order valence-electron chi connectivity index (χ3n) is 4.15. The number of Topliss-reactive ketones (excluding diaryl/α,β-unsaturated/α-hetero) is 1. The van der Waals surface area contributed by atoms with Gasteiger partial charge >= 0.3 is 0 Å². The van der Waals surface area contributed by atoms with Crippen LogP contribution in [0.1, 0.15) is 0 Å². The molecule has 29 heavy (non-hydrogen) atoms. The van der Waals surface area contributed by atoms with Crippen molar-refractivity contribution in [2.75, 3.05) is 17.7 Å². The minimum absolute atomic E-state index is 0.0389. The first kappa shape index (κ1) is 19.8. The van der Waals surface area contributed by atoms with Crippen molar-refractivity contribution in [3.63, 3.8) is 0 Å². The molecule has 0 saturated heterocycles. The Balaban J connectivity index is 1.48. The average molecular weight is 485 g/mol. The van der Waals surface area contributed by atoms with Crippen molar-refractivity contribution in [1.29, 1.82) is 5.26 Å². The molecule has 1 aliphatic rings. The Labute approximate surface area is 184 Å². The number of aromatic nitrogens is 2. The minimum atomic E-state index is -0.276. The molecule has 0 bridgehead atoms. The van der Waals surface area contributed by atoms with E-state index >= 15 is 0 Å². The Morgan fingerprint density at radius 1 is 1.28 bits per heavy atom. The van der Waals surface area contributed by atoms with Gasteiger partial charge in [-0.05, 0) is 30.3 Å². The predicted molar refractivity (Wildman–Crippen MR) is 117 cm³/mol. The summed E-state index contributed by atoms with van der Waals surface area (Å²) in [5.74, 6) is 0.139. The molecule has 0 spiro atoms. The molecule has 0 saturated carbocycles. The van der Waals surface area contributed by atoms with Gasteiger partial charge in [-0.1, -0.05) is 57.7 Å². The summed E-state index contributed by atoms with van der Waals surface area (Å²) in [5, 5.41) is 18.5. The SMILES string of the molecule is CN1/C(=C(\C#N)C(=O)CSc2nnc(-c3cccc(Br)c3)o2)Sc2ccccc21. The van der Waals surface area contributed by atoms with Crippen molar-refractivity contribution >= 4 is 50.9 Å². The number of fused-ring (bicyclic) bond motifs is 1. The van der Waals surface area contributed by atoms with E-state index in [1.807, 2.05) is 60.5 Å². The van der Waals surface area contributed by atoms with Crippen LogP contribution in [0.15, 0.2) is 78.1 Å². The van der Waals surface area contributed by atoms with Crippen molar-refractivity contribution in [3.8, 4) is 17.5 Å². The summed E-state index contributed by atoms with van der Waals surface area (Å²) in [7, 11) is 1.86. The third-order valence-corrected chi connectivity index (χ3v) is 6.70. The summed E-state index contributed by atoms with van der Waals surface area (Å²) in [6.45, 7) is 0. The van der Waals surface area contributed by atoms with Crippen LogP contribution in [0.5, 0.6) is 0 Å². The smallest absolute Gasteiger partial charge is 0.277 e. The van der Waals surface area contributed by atoms with E-state index in [4.69, 9.17) is 4.42 Å². The topological polar surface area (TPSA) is 83.0 Å². The van der Waals surface area contributed by atoms with Gasteiger partial charge in [-0.3, -0.25) is 4.79 Å². The summed E-state index contributed by atoms with van der Waals surface area (Å²) in [6, 6.07) is 17.4. The number of para-hydroxylation sites is 1. The maximum atomic E-state index is 12.7. The van der Waals surface area contributed by atoms with Gasteiger partial charge in [-0.2, -0.15) is 5.26 Å². The van der Waals surface area contributed by atoms with Gasteiger partial charge in [-0.25, -0.2) is 0 Å². The van der Waals surface area contributed by atoms with Crippen LogP contribution in [0.4, 0.5) is 5.69 Å². The number of halogens is 1. The van der Waals surface area contributed by atoms with Crippen LogP contribution >= 0.6 is 39.5 Å². The molecule has 3 aromatic rings. The first-order chi connectivity index (χ1) is 14.1. The molecule has 2 aromatic carbocycles. The van der Waals surface area contributed by atoms with Gasteiger partial charge < -0.3 is 9.32 Å². The second-order valence-corrected chi connectivity index (χ2v) is 8.89. The van der Waals surface area contributed by atoms with Crippen LogP contribution in [0.2, 0.25) is 0 Å². The van der Waals surface area contributed by atoms with Crippen LogP contribution < -0.4 is 4.90 Å². The molecule has 1 aromatic heterocycles. The Hall–Kier alpha value is -2.54. The number of hydrogen-bond acceptors (Lipinski definition) is 8. The zero-order chi connectivity index (χ0) is 20.4. The number of anilines is 1. The maximum absolute atomic E-state index is 12.7. The van der Waals surface area contributed by atoms with E-state index in [0.29, 0.717) is 10.9 Å². The summed E-state index contributed by atoms with van der Waals surface area (Å²) in [5.41, 5.74) is 1.90. The second-order valence-electron chi connectivity index (χ2n) is 6.02. The van der Waals surface area contributed by atoms with Crippen molar-refractivity contribution in [1.82, 2.24) is 10.2 Å². The number of rotatable bonds is 5. The van der Waals surface area contributed by atoms with Gasteiger partial charge in [0, 0.05) is 22.0 Å². The molecular weight excluding hydrogens is 472 g/mol. The summed E-state index contributed by atoms with van der Waals surface area (Å²) in [6.07, 6.45) is 0. The van der Waals surface area contributed by atoms with Crippen LogP contribution in [-0.4, -0.2) is 28.8 Å². The number of carbonyl (C=O) groups excluding carboxylic acids is 1. The van der Waals surface area contributed by atoms with Gasteiger partial charge in [0.1, 0.15) is 16.7 Å². The Bertz CT molecular complexity index is 1170. The van der Waals surface area contributed by atoms with Gasteiger partial charge in [-0.15, -0.1) is 10.2 Å². The molecular formula is C20H13BrN4O2S2. The average Bonchev–Trinajstić information content (AvgIpc) is 3.33. The lowest BCUT2D eigenvalue weighted by molar-refractivity contribution is -0.112. The van der Waals surface area contributed by atoms with Crippen molar-refractivity contribution in [2.24, 2.45) is 0 Å². The fourth-order valence-electron chi connectivity index (χ4n) is 2.76. The Kier molecular flexibility index (Phi) is 5.76. The molecule has 0 amide bonds. The molecule has 0 N–H and O–H groups in total. The third kappa shape index (κ3) is 4.10. The number of allylic oxidation sites excluding steroid dienone is 1. The van der Waals surface area contributed by atoms with Gasteiger partial charge in [0.05, 0.1) is 11.4 Å². The van der Waals surface area contributed by atoms with Crippen LogP contribution in [0, 0.1) is 11.3 Å². The number of benzene rings is 2. The Morgan fingerprint density at radius 2 is 2.10 bits per heavy atom. The lowest BCUT2D eigenvalue weighted by Gasteiger charge is -2.14. The summed E-state index contributed by atoms with van der Waals surface area (Å²) in [4.78, 5) is 15.6.